The zero-order chi connectivity index (χ0) is 22.0. The minimum absolute atomic E-state index is 0.139. The minimum Gasteiger partial charge on any atom is -0.441 e. The van der Waals surface area contributed by atoms with Gasteiger partial charge in [0.1, 0.15) is 5.69 Å². The van der Waals surface area contributed by atoms with Crippen LogP contribution in [0.25, 0.3) is 17.0 Å². The zero-order valence-corrected chi connectivity index (χ0v) is 17.9. The molecule has 0 saturated carbocycles. The summed E-state index contributed by atoms with van der Waals surface area (Å²) in [7, 11) is 1.78. The van der Waals surface area contributed by atoms with Gasteiger partial charge in [-0.3, -0.25) is 14.3 Å². The van der Waals surface area contributed by atoms with Crippen LogP contribution >= 0.6 is 11.6 Å². The Kier molecular flexibility index (Phi) is 5.77. The number of nitrogens with one attached hydrogen (secondary N) is 1. The maximum absolute atomic E-state index is 12.9. The van der Waals surface area contributed by atoms with Crippen LogP contribution in [0.15, 0.2) is 70.0 Å². The molecular formula is C23H21ClN4O3. The van der Waals surface area contributed by atoms with Crippen LogP contribution < -0.4 is 10.9 Å². The molecule has 0 fully saturated rings. The summed E-state index contributed by atoms with van der Waals surface area (Å²) in [6.07, 6.45) is 2.08. The van der Waals surface area contributed by atoms with Crippen molar-refractivity contribution in [2.24, 2.45) is 7.05 Å². The summed E-state index contributed by atoms with van der Waals surface area (Å²) in [5.41, 5.74) is 2.25. The number of hydrogen-bond acceptors (Lipinski definition) is 4. The number of anilines is 1. The predicted octanol–water partition coefficient (Wildman–Crippen LogP) is 4.36. The fourth-order valence-corrected chi connectivity index (χ4v) is 3.43. The third-order valence-corrected chi connectivity index (χ3v) is 5.32. The summed E-state index contributed by atoms with van der Waals surface area (Å²) in [5, 5.41) is 3.39. The molecule has 1 N–H and O–H groups in total. The van der Waals surface area contributed by atoms with Crippen molar-refractivity contribution >= 4 is 23.2 Å². The largest absolute Gasteiger partial charge is 0.441 e. The van der Waals surface area contributed by atoms with Crippen molar-refractivity contribution in [3.8, 4) is 17.0 Å². The summed E-state index contributed by atoms with van der Waals surface area (Å²) in [5.74, 6) is 0.778. The predicted molar refractivity (Wildman–Crippen MR) is 120 cm³/mol. The Bertz CT molecular complexity index is 1270. The Morgan fingerprint density at radius 3 is 2.55 bits per heavy atom. The van der Waals surface area contributed by atoms with Crippen molar-refractivity contribution in [3.63, 3.8) is 0 Å². The first-order valence-corrected chi connectivity index (χ1v) is 10.2. The average Bonchev–Trinajstić information content (AvgIpc) is 3.33. The minimum atomic E-state index is -0.280. The summed E-state index contributed by atoms with van der Waals surface area (Å²) in [6.45, 7) is 1.79. The molecule has 4 rings (SSSR count). The first-order chi connectivity index (χ1) is 14.9. The SMILES string of the molecule is Cc1c(NC(=O)CCc2ncc(-c3ccc(Cl)cc3)o2)c(=O)n(-c2ccccc2)n1C. The number of rotatable bonds is 6. The summed E-state index contributed by atoms with van der Waals surface area (Å²) >= 11 is 5.91. The van der Waals surface area contributed by atoms with E-state index in [9.17, 15) is 9.59 Å². The second-order valence-electron chi connectivity index (χ2n) is 7.11. The van der Waals surface area contributed by atoms with Gasteiger partial charge >= 0.3 is 0 Å². The molecular weight excluding hydrogens is 416 g/mol. The number of hydrogen-bond donors (Lipinski definition) is 1. The lowest BCUT2D eigenvalue weighted by Crippen LogP contribution is -2.23. The Morgan fingerprint density at radius 2 is 1.84 bits per heavy atom. The number of aryl methyl sites for hydroxylation is 1. The molecule has 0 saturated heterocycles. The highest BCUT2D eigenvalue weighted by molar-refractivity contribution is 6.30. The summed E-state index contributed by atoms with van der Waals surface area (Å²) < 4.78 is 8.98. The maximum atomic E-state index is 12.9. The Morgan fingerprint density at radius 1 is 1.13 bits per heavy atom. The van der Waals surface area contributed by atoms with Gasteiger partial charge in [-0.25, -0.2) is 9.67 Å². The van der Waals surface area contributed by atoms with Gasteiger partial charge in [0.15, 0.2) is 11.7 Å². The number of nitrogens with zero attached hydrogens (tertiary/aromatic N) is 3. The van der Waals surface area contributed by atoms with E-state index in [0.29, 0.717) is 28.8 Å². The highest BCUT2D eigenvalue weighted by atomic mass is 35.5. The lowest BCUT2D eigenvalue weighted by molar-refractivity contribution is -0.116. The zero-order valence-electron chi connectivity index (χ0n) is 17.1. The highest BCUT2D eigenvalue weighted by Crippen LogP contribution is 2.23. The van der Waals surface area contributed by atoms with E-state index in [-0.39, 0.29) is 23.6 Å². The molecule has 0 unspecified atom stereocenters. The van der Waals surface area contributed by atoms with E-state index in [1.807, 2.05) is 42.5 Å². The lowest BCUT2D eigenvalue weighted by Gasteiger charge is -2.07. The van der Waals surface area contributed by atoms with Crippen LogP contribution in [-0.4, -0.2) is 20.3 Å². The Hall–Kier alpha value is -3.58. The van der Waals surface area contributed by atoms with Gasteiger partial charge in [-0.1, -0.05) is 29.8 Å². The van der Waals surface area contributed by atoms with Crippen LogP contribution in [0, 0.1) is 6.92 Å². The fraction of sp³-hybridized carbons (Fsp3) is 0.174. The van der Waals surface area contributed by atoms with Gasteiger partial charge < -0.3 is 9.73 Å². The van der Waals surface area contributed by atoms with Crippen LogP contribution in [0.3, 0.4) is 0 Å². The third kappa shape index (κ3) is 4.32. The topological polar surface area (TPSA) is 82.1 Å². The maximum Gasteiger partial charge on any atom is 0.295 e. The van der Waals surface area contributed by atoms with Crippen LogP contribution in [-0.2, 0) is 18.3 Å². The van der Waals surface area contributed by atoms with Crippen molar-refractivity contribution in [2.45, 2.75) is 19.8 Å². The molecule has 8 heteroatoms. The van der Waals surface area contributed by atoms with E-state index in [1.165, 1.54) is 4.68 Å². The third-order valence-electron chi connectivity index (χ3n) is 5.07. The van der Waals surface area contributed by atoms with E-state index in [1.54, 1.807) is 37.0 Å². The smallest absolute Gasteiger partial charge is 0.295 e. The van der Waals surface area contributed by atoms with Crippen LogP contribution in [0.2, 0.25) is 5.02 Å². The van der Waals surface area contributed by atoms with Gasteiger partial charge in [0.25, 0.3) is 5.56 Å². The number of halogens is 1. The molecule has 1 amide bonds. The molecule has 2 heterocycles. The second-order valence-corrected chi connectivity index (χ2v) is 7.55. The van der Waals surface area contributed by atoms with Crippen LogP contribution in [0.5, 0.6) is 0 Å². The fourth-order valence-electron chi connectivity index (χ4n) is 3.31. The van der Waals surface area contributed by atoms with Crippen molar-refractivity contribution < 1.29 is 9.21 Å². The quantitative estimate of drug-likeness (QED) is 0.486. The van der Waals surface area contributed by atoms with Gasteiger partial charge in [-0.15, -0.1) is 0 Å². The molecule has 0 aliphatic rings. The van der Waals surface area contributed by atoms with Crippen LogP contribution in [0.4, 0.5) is 5.69 Å². The molecule has 0 bridgehead atoms. The van der Waals surface area contributed by atoms with Gasteiger partial charge in [0, 0.05) is 30.5 Å². The van der Waals surface area contributed by atoms with Gasteiger partial charge in [-0.2, -0.15) is 0 Å². The number of benzene rings is 2. The van der Waals surface area contributed by atoms with E-state index in [0.717, 1.165) is 11.3 Å². The average molecular weight is 437 g/mol. The molecule has 0 radical (unpaired) electrons. The van der Waals surface area contributed by atoms with E-state index < -0.39 is 0 Å². The number of carbonyl (C=O) groups is 1. The number of carbonyl (C=O) groups excluding carboxylic acids is 1. The first-order valence-electron chi connectivity index (χ1n) is 9.78. The lowest BCUT2D eigenvalue weighted by atomic mass is 10.2. The molecule has 4 aromatic rings. The van der Waals surface area contributed by atoms with Crippen molar-refractivity contribution in [2.75, 3.05) is 5.32 Å². The van der Waals surface area contributed by atoms with Gasteiger partial charge in [0.2, 0.25) is 5.91 Å². The summed E-state index contributed by atoms with van der Waals surface area (Å²) in [6, 6.07) is 16.5. The van der Waals surface area contributed by atoms with E-state index in [4.69, 9.17) is 16.0 Å². The molecule has 31 heavy (non-hydrogen) atoms. The Balaban J connectivity index is 1.44. The molecule has 2 aromatic heterocycles. The number of aromatic nitrogens is 3. The number of oxazole rings is 1. The normalized spacial score (nSPS) is 10.9. The number of amides is 1. The van der Waals surface area contributed by atoms with Gasteiger partial charge in [-0.05, 0) is 43.3 Å². The monoisotopic (exact) mass is 436 g/mol. The second kappa shape index (κ2) is 8.65. The molecule has 2 aromatic carbocycles. The van der Waals surface area contributed by atoms with Crippen molar-refractivity contribution in [1.82, 2.24) is 14.3 Å². The van der Waals surface area contributed by atoms with Crippen LogP contribution in [0.1, 0.15) is 18.0 Å². The molecule has 0 spiro atoms. The number of para-hydroxylation sites is 1. The molecule has 7 nitrogen and oxygen atoms in total. The van der Waals surface area contributed by atoms with Gasteiger partial charge in [0.05, 0.1) is 17.6 Å². The van der Waals surface area contributed by atoms with E-state index >= 15 is 0 Å². The van der Waals surface area contributed by atoms with Crippen molar-refractivity contribution in [1.29, 1.82) is 0 Å². The summed E-state index contributed by atoms with van der Waals surface area (Å²) in [4.78, 5) is 29.6. The molecule has 158 valence electrons. The first kappa shape index (κ1) is 20.7. The molecule has 0 aliphatic heterocycles. The molecule has 0 atom stereocenters. The standard InChI is InChI=1S/C23H21ClN4O3/c1-15-22(23(30)28(27(15)2)18-6-4-3-5-7-18)26-20(29)12-13-21-25-14-19(31-21)16-8-10-17(24)11-9-16/h3-11,14H,12-13H2,1-2H3,(H,26,29). The Labute approximate surface area is 183 Å². The highest BCUT2D eigenvalue weighted by Gasteiger charge is 2.18. The molecule has 0 aliphatic carbocycles. The van der Waals surface area contributed by atoms with Crippen molar-refractivity contribution in [3.05, 3.63) is 87.8 Å². The van der Waals surface area contributed by atoms with E-state index in [2.05, 4.69) is 10.3 Å².